The van der Waals surface area contributed by atoms with Gasteiger partial charge in [0, 0.05) is 31.8 Å². The number of aromatic carboxylic acids is 1. The summed E-state index contributed by atoms with van der Waals surface area (Å²) in [4.78, 5) is 21.4. The maximum absolute atomic E-state index is 11.7. The van der Waals surface area contributed by atoms with Crippen molar-refractivity contribution in [2.75, 3.05) is 20.3 Å². The smallest absolute Gasteiger partial charge is 0.336 e. The monoisotopic (exact) mass is 552 g/mol. The van der Waals surface area contributed by atoms with E-state index in [4.69, 9.17) is 14.5 Å². The average Bonchev–Trinajstić information content (AvgIpc) is 3.60. The van der Waals surface area contributed by atoms with Crippen molar-refractivity contribution in [2.45, 2.75) is 46.4 Å². The van der Waals surface area contributed by atoms with Crippen molar-refractivity contribution in [2.24, 2.45) is 0 Å². The Morgan fingerprint density at radius 1 is 1.05 bits per heavy atom. The number of carboxylic acids is 1. The van der Waals surface area contributed by atoms with E-state index in [-0.39, 0.29) is 6.23 Å². The van der Waals surface area contributed by atoms with Gasteiger partial charge in [0.15, 0.2) is 0 Å². The molecule has 0 amide bonds. The van der Waals surface area contributed by atoms with Gasteiger partial charge in [0.2, 0.25) is 0 Å². The summed E-state index contributed by atoms with van der Waals surface area (Å²) in [6.45, 7) is 7.98. The first kappa shape index (κ1) is 28.3. The third-order valence-electron chi connectivity index (χ3n) is 7.32. The molecular weight excluding hydrogens is 516 g/mol. The molecule has 3 aromatic carbocycles. The molecule has 0 aliphatic heterocycles. The van der Waals surface area contributed by atoms with Crippen LogP contribution in [0.1, 0.15) is 53.8 Å². The molecule has 0 aliphatic carbocycles. The summed E-state index contributed by atoms with van der Waals surface area (Å²) in [6, 6.07) is 19.5. The van der Waals surface area contributed by atoms with Gasteiger partial charge >= 0.3 is 5.97 Å². The van der Waals surface area contributed by atoms with Gasteiger partial charge in [0.25, 0.3) is 0 Å². The number of carbonyl (C=O) groups is 1. The zero-order valence-electron chi connectivity index (χ0n) is 24.0. The highest BCUT2D eigenvalue weighted by Crippen LogP contribution is 2.30. The number of aromatic nitrogens is 4. The summed E-state index contributed by atoms with van der Waals surface area (Å²) in [5, 5.41) is 9.61. The predicted octanol–water partition coefficient (Wildman–Crippen LogP) is 6.76. The average molecular weight is 553 g/mol. The quantitative estimate of drug-likeness (QED) is 0.172. The Morgan fingerprint density at radius 3 is 2.56 bits per heavy atom. The molecular formula is C33H36N4O4. The first-order chi connectivity index (χ1) is 19.9. The Hall–Kier alpha value is -4.27. The van der Waals surface area contributed by atoms with Crippen LogP contribution in [0.15, 0.2) is 73.2 Å². The van der Waals surface area contributed by atoms with Gasteiger partial charge in [0.1, 0.15) is 12.1 Å². The van der Waals surface area contributed by atoms with Crippen LogP contribution in [0.5, 0.6) is 0 Å². The van der Waals surface area contributed by atoms with E-state index >= 15 is 0 Å². The number of nitrogens with zero attached hydrogens (tertiary/aromatic N) is 4. The summed E-state index contributed by atoms with van der Waals surface area (Å²) in [6.07, 6.45) is 5.53. The lowest BCUT2D eigenvalue weighted by Gasteiger charge is -2.13. The fourth-order valence-corrected chi connectivity index (χ4v) is 5.15. The van der Waals surface area contributed by atoms with Gasteiger partial charge in [-0.05, 0) is 60.7 Å². The predicted molar refractivity (Wildman–Crippen MR) is 160 cm³/mol. The van der Waals surface area contributed by atoms with Crippen LogP contribution in [-0.4, -0.2) is 50.5 Å². The lowest BCUT2D eigenvalue weighted by Crippen LogP contribution is -2.11. The Bertz CT molecular complexity index is 1650. The van der Waals surface area contributed by atoms with E-state index in [1.54, 1.807) is 25.6 Å². The maximum atomic E-state index is 11.7. The van der Waals surface area contributed by atoms with Crippen LogP contribution in [0.25, 0.3) is 33.4 Å². The van der Waals surface area contributed by atoms with Crippen LogP contribution in [0, 0.1) is 6.92 Å². The standard InChI is InChI=1S/C33H36N4O4/c1-5-8-31-35-32-22(2)17-26(29-20-36(21-34-29)23(3)41-16-15-40-4)18-30(32)37(31)19-24-11-13-25(14-12-24)27-9-6-7-10-28(27)33(38)39/h6-7,9-14,17-18,20-21,23H,5,8,15-16,19H2,1-4H3,(H,38,39). The van der Waals surface area contributed by atoms with Crippen molar-refractivity contribution in [3.8, 4) is 22.4 Å². The van der Waals surface area contributed by atoms with Crippen LogP contribution in [-0.2, 0) is 22.4 Å². The van der Waals surface area contributed by atoms with E-state index in [2.05, 4.69) is 47.7 Å². The van der Waals surface area contributed by atoms with Crippen molar-refractivity contribution < 1.29 is 19.4 Å². The van der Waals surface area contributed by atoms with Gasteiger partial charge in [-0.25, -0.2) is 14.8 Å². The zero-order valence-corrected chi connectivity index (χ0v) is 24.0. The van der Waals surface area contributed by atoms with E-state index < -0.39 is 5.97 Å². The number of aryl methyl sites for hydroxylation is 2. The molecule has 1 atom stereocenters. The first-order valence-corrected chi connectivity index (χ1v) is 13.9. The summed E-state index contributed by atoms with van der Waals surface area (Å²) in [5.74, 6) is 0.122. The third kappa shape index (κ3) is 6.09. The summed E-state index contributed by atoms with van der Waals surface area (Å²) in [7, 11) is 1.66. The Kier molecular flexibility index (Phi) is 8.61. The zero-order chi connectivity index (χ0) is 28.9. The molecule has 0 aliphatic rings. The van der Waals surface area contributed by atoms with Crippen LogP contribution >= 0.6 is 0 Å². The number of rotatable bonds is 12. The van der Waals surface area contributed by atoms with E-state index in [0.29, 0.717) is 30.9 Å². The van der Waals surface area contributed by atoms with Gasteiger partial charge in [0.05, 0.1) is 41.8 Å². The molecule has 0 spiro atoms. The molecule has 5 rings (SSSR count). The number of fused-ring (bicyclic) bond motifs is 1. The molecule has 8 heteroatoms. The van der Waals surface area contributed by atoms with E-state index in [9.17, 15) is 9.90 Å². The number of hydrogen-bond donors (Lipinski definition) is 1. The van der Waals surface area contributed by atoms with E-state index in [1.807, 2.05) is 42.0 Å². The number of benzene rings is 3. The number of hydrogen-bond acceptors (Lipinski definition) is 5. The molecule has 2 heterocycles. The third-order valence-corrected chi connectivity index (χ3v) is 7.32. The van der Waals surface area contributed by atoms with E-state index in [0.717, 1.165) is 57.6 Å². The molecule has 8 nitrogen and oxygen atoms in total. The number of ether oxygens (including phenoxy) is 2. The first-order valence-electron chi connectivity index (χ1n) is 13.9. The number of imidazole rings is 2. The molecule has 0 bridgehead atoms. The van der Waals surface area contributed by atoms with Crippen LogP contribution in [0.2, 0.25) is 0 Å². The number of carboxylic acid groups (broad SMARTS) is 1. The normalized spacial score (nSPS) is 12.2. The van der Waals surface area contributed by atoms with Gasteiger partial charge in [-0.1, -0.05) is 49.4 Å². The molecule has 5 aromatic rings. The molecule has 0 fully saturated rings. The topological polar surface area (TPSA) is 91.4 Å². The molecule has 1 unspecified atom stereocenters. The maximum Gasteiger partial charge on any atom is 0.336 e. The summed E-state index contributed by atoms with van der Waals surface area (Å²) < 4.78 is 15.2. The summed E-state index contributed by atoms with van der Waals surface area (Å²) >= 11 is 0. The van der Waals surface area contributed by atoms with Crippen LogP contribution < -0.4 is 0 Å². The van der Waals surface area contributed by atoms with E-state index in [1.165, 1.54) is 0 Å². The second-order valence-electron chi connectivity index (χ2n) is 10.2. The van der Waals surface area contributed by atoms with Gasteiger partial charge in [-0.3, -0.25) is 0 Å². The fraction of sp³-hybridized carbons (Fsp3) is 0.303. The second-order valence-corrected chi connectivity index (χ2v) is 10.2. The highest BCUT2D eigenvalue weighted by Gasteiger charge is 2.17. The van der Waals surface area contributed by atoms with Gasteiger partial charge < -0.3 is 23.7 Å². The fourth-order valence-electron chi connectivity index (χ4n) is 5.15. The molecule has 41 heavy (non-hydrogen) atoms. The molecule has 2 aromatic heterocycles. The van der Waals surface area contributed by atoms with Crippen molar-refractivity contribution in [1.29, 1.82) is 0 Å². The molecule has 0 saturated carbocycles. The highest BCUT2D eigenvalue weighted by atomic mass is 16.5. The van der Waals surface area contributed by atoms with Crippen molar-refractivity contribution >= 4 is 17.0 Å². The van der Waals surface area contributed by atoms with Crippen LogP contribution in [0.4, 0.5) is 0 Å². The SMILES string of the molecule is CCCc1nc2c(C)cc(-c3cn(C(C)OCCOC)cn3)cc2n1Cc1ccc(-c2ccccc2C(=O)O)cc1. The lowest BCUT2D eigenvalue weighted by atomic mass is 9.98. The molecule has 212 valence electrons. The Labute approximate surface area is 240 Å². The molecule has 1 N–H and O–H groups in total. The minimum Gasteiger partial charge on any atom is -0.478 e. The molecule has 0 saturated heterocycles. The van der Waals surface area contributed by atoms with Gasteiger partial charge in [-0.2, -0.15) is 0 Å². The molecule has 0 radical (unpaired) electrons. The minimum absolute atomic E-state index is 0.150. The van der Waals surface area contributed by atoms with Gasteiger partial charge in [-0.15, -0.1) is 0 Å². The Balaban J connectivity index is 1.47. The largest absolute Gasteiger partial charge is 0.478 e. The highest BCUT2D eigenvalue weighted by molar-refractivity contribution is 5.96. The van der Waals surface area contributed by atoms with Crippen LogP contribution in [0.3, 0.4) is 0 Å². The second kappa shape index (κ2) is 12.5. The Morgan fingerprint density at radius 2 is 1.83 bits per heavy atom. The minimum atomic E-state index is -0.928. The summed E-state index contributed by atoms with van der Waals surface area (Å²) in [5.41, 5.74) is 8.09. The van der Waals surface area contributed by atoms with Crippen molar-refractivity contribution in [3.05, 3.63) is 95.7 Å². The number of methoxy groups -OCH3 is 1. The van der Waals surface area contributed by atoms with Crippen molar-refractivity contribution in [1.82, 2.24) is 19.1 Å². The van der Waals surface area contributed by atoms with Crippen molar-refractivity contribution in [3.63, 3.8) is 0 Å². The lowest BCUT2D eigenvalue weighted by molar-refractivity contribution is -0.0113.